The number of carbonyl (C=O) groups is 2. The molecule has 2 aliphatic rings. The van der Waals surface area contributed by atoms with Crippen LogP contribution in [-0.4, -0.2) is 18.4 Å². The molecule has 3 rings (SSSR count). The van der Waals surface area contributed by atoms with Gasteiger partial charge < -0.3 is 9.15 Å². The van der Waals surface area contributed by atoms with Crippen molar-refractivity contribution in [3.05, 3.63) is 35.8 Å². The Balaban J connectivity index is 2.00. The number of ether oxygens (including phenoxy) is 1. The maximum absolute atomic E-state index is 12.5. The standard InChI is InChI=1S/C22H30O4/c1-15-11-19(24)12-21(4)20(15)6-5-16(2)22(21,14-26-17(3)23)9-7-18-8-10-25-13-18/h8,10-11,13,16,20H,5-7,9,12,14H2,1-4H3/t16-,20-,21+,22-/m0/s1. The third-order valence-corrected chi connectivity index (χ3v) is 7.19. The van der Waals surface area contributed by atoms with Crippen LogP contribution in [0.2, 0.25) is 0 Å². The van der Waals surface area contributed by atoms with Crippen molar-refractivity contribution in [2.24, 2.45) is 22.7 Å². The Kier molecular flexibility index (Phi) is 5.14. The lowest BCUT2D eigenvalue weighted by Gasteiger charge is -2.60. The molecule has 0 bridgehead atoms. The SMILES string of the molecule is CC(=O)OC[C@@]1(CCc2ccoc2)[C@@H](C)CC[C@H]2C(C)=CC(=O)C[C@]21C. The molecular weight excluding hydrogens is 328 g/mol. The van der Waals surface area contributed by atoms with Crippen molar-refractivity contribution in [3.8, 4) is 0 Å². The van der Waals surface area contributed by atoms with Crippen LogP contribution in [0.3, 0.4) is 0 Å². The van der Waals surface area contributed by atoms with Crippen LogP contribution in [0.25, 0.3) is 0 Å². The smallest absolute Gasteiger partial charge is 0.302 e. The molecule has 4 atom stereocenters. The van der Waals surface area contributed by atoms with Gasteiger partial charge in [0.25, 0.3) is 0 Å². The molecule has 142 valence electrons. The van der Waals surface area contributed by atoms with Crippen molar-refractivity contribution in [1.82, 2.24) is 0 Å². The highest BCUT2D eigenvalue weighted by Gasteiger charge is 2.59. The molecule has 1 aromatic rings. The van der Waals surface area contributed by atoms with Gasteiger partial charge >= 0.3 is 5.97 Å². The van der Waals surface area contributed by atoms with Crippen molar-refractivity contribution in [2.45, 2.75) is 59.8 Å². The molecule has 0 unspecified atom stereocenters. The lowest BCUT2D eigenvalue weighted by molar-refractivity contribution is -0.166. The molecule has 0 saturated heterocycles. The second kappa shape index (κ2) is 7.05. The van der Waals surface area contributed by atoms with E-state index < -0.39 is 0 Å². The summed E-state index contributed by atoms with van der Waals surface area (Å²) in [5.41, 5.74) is 1.93. The van der Waals surface area contributed by atoms with Gasteiger partial charge in [0.05, 0.1) is 19.1 Å². The zero-order chi connectivity index (χ0) is 18.9. The van der Waals surface area contributed by atoms with Crippen LogP contribution in [0.4, 0.5) is 0 Å². The first-order valence-corrected chi connectivity index (χ1v) is 9.64. The molecule has 0 aromatic carbocycles. The highest BCUT2D eigenvalue weighted by Crippen LogP contribution is 2.63. The summed E-state index contributed by atoms with van der Waals surface area (Å²) in [5, 5.41) is 0. The van der Waals surface area contributed by atoms with Gasteiger partial charge in [-0.3, -0.25) is 9.59 Å². The Bertz CT molecular complexity index is 702. The van der Waals surface area contributed by atoms with E-state index in [4.69, 9.17) is 9.15 Å². The van der Waals surface area contributed by atoms with Crippen LogP contribution in [0, 0.1) is 22.7 Å². The molecule has 4 heteroatoms. The number of ketones is 1. The first kappa shape index (κ1) is 18.9. The normalized spacial score (nSPS) is 34.2. The van der Waals surface area contributed by atoms with E-state index in [2.05, 4.69) is 20.8 Å². The molecule has 26 heavy (non-hydrogen) atoms. The Morgan fingerprint density at radius 3 is 2.81 bits per heavy atom. The number of esters is 1. The van der Waals surface area contributed by atoms with Crippen molar-refractivity contribution >= 4 is 11.8 Å². The number of furan rings is 1. The second-order valence-electron chi connectivity index (χ2n) is 8.55. The van der Waals surface area contributed by atoms with Gasteiger partial charge in [-0.15, -0.1) is 0 Å². The van der Waals surface area contributed by atoms with E-state index in [0.717, 1.165) is 31.2 Å². The first-order valence-electron chi connectivity index (χ1n) is 9.64. The maximum Gasteiger partial charge on any atom is 0.302 e. The van der Waals surface area contributed by atoms with E-state index in [0.29, 0.717) is 24.9 Å². The van der Waals surface area contributed by atoms with Crippen molar-refractivity contribution in [1.29, 1.82) is 0 Å². The van der Waals surface area contributed by atoms with Gasteiger partial charge in [-0.1, -0.05) is 19.4 Å². The van der Waals surface area contributed by atoms with Gasteiger partial charge in [0, 0.05) is 18.8 Å². The summed E-state index contributed by atoms with van der Waals surface area (Å²) in [6.45, 7) is 8.45. The molecule has 1 fully saturated rings. The highest BCUT2D eigenvalue weighted by molar-refractivity contribution is 5.92. The zero-order valence-electron chi connectivity index (χ0n) is 16.3. The minimum atomic E-state index is -0.250. The van der Waals surface area contributed by atoms with E-state index in [1.54, 1.807) is 12.5 Å². The van der Waals surface area contributed by atoms with Crippen molar-refractivity contribution in [2.75, 3.05) is 6.61 Å². The average Bonchev–Trinajstić information content (AvgIpc) is 3.06. The van der Waals surface area contributed by atoms with Crippen LogP contribution in [-0.2, 0) is 20.7 Å². The van der Waals surface area contributed by atoms with E-state index in [9.17, 15) is 9.59 Å². The molecule has 1 saturated carbocycles. The van der Waals surface area contributed by atoms with Gasteiger partial charge in [-0.2, -0.15) is 0 Å². The number of carbonyl (C=O) groups excluding carboxylic acids is 2. The minimum absolute atomic E-state index is 0.195. The summed E-state index contributed by atoms with van der Waals surface area (Å²) in [4.78, 5) is 24.1. The molecule has 0 aliphatic heterocycles. The Hall–Kier alpha value is -1.84. The van der Waals surface area contributed by atoms with Gasteiger partial charge in [0.1, 0.15) is 0 Å². The second-order valence-corrected chi connectivity index (χ2v) is 8.55. The number of hydrogen-bond donors (Lipinski definition) is 0. The van der Waals surface area contributed by atoms with Crippen LogP contribution >= 0.6 is 0 Å². The molecule has 0 amide bonds. The third kappa shape index (κ3) is 3.15. The van der Waals surface area contributed by atoms with E-state index in [-0.39, 0.29) is 22.6 Å². The van der Waals surface area contributed by atoms with Crippen LogP contribution < -0.4 is 0 Å². The van der Waals surface area contributed by atoms with Gasteiger partial charge in [0.2, 0.25) is 0 Å². The molecule has 2 aliphatic carbocycles. The predicted octanol–water partition coefficient (Wildman–Crippen LogP) is 4.73. The fraction of sp³-hybridized carbons (Fsp3) is 0.636. The van der Waals surface area contributed by atoms with E-state index in [1.165, 1.54) is 12.5 Å². The van der Waals surface area contributed by atoms with Crippen LogP contribution in [0.1, 0.15) is 58.9 Å². The number of aryl methyl sites for hydroxylation is 1. The summed E-state index contributed by atoms with van der Waals surface area (Å²) >= 11 is 0. The van der Waals surface area contributed by atoms with Gasteiger partial charge in [-0.05, 0) is 67.6 Å². The molecule has 1 aromatic heterocycles. The van der Waals surface area contributed by atoms with Crippen LogP contribution in [0.5, 0.6) is 0 Å². The fourth-order valence-corrected chi connectivity index (χ4v) is 5.66. The topological polar surface area (TPSA) is 56.5 Å². The summed E-state index contributed by atoms with van der Waals surface area (Å²) in [6, 6.07) is 1.99. The Morgan fingerprint density at radius 2 is 2.15 bits per heavy atom. The van der Waals surface area contributed by atoms with Gasteiger partial charge in [0.15, 0.2) is 5.78 Å². The molecule has 4 nitrogen and oxygen atoms in total. The zero-order valence-corrected chi connectivity index (χ0v) is 16.3. The molecular formula is C22H30O4. The third-order valence-electron chi connectivity index (χ3n) is 7.19. The molecule has 0 N–H and O–H groups in total. The first-order chi connectivity index (χ1) is 12.3. The van der Waals surface area contributed by atoms with Crippen LogP contribution in [0.15, 0.2) is 34.7 Å². The highest BCUT2D eigenvalue weighted by atomic mass is 16.5. The lowest BCUT2D eigenvalue weighted by Crippen LogP contribution is -2.57. The summed E-state index contributed by atoms with van der Waals surface area (Å²) < 4.78 is 10.8. The molecule has 0 spiro atoms. The van der Waals surface area contributed by atoms with E-state index in [1.807, 2.05) is 12.1 Å². The number of hydrogen-bond acceptors (Lipinski definition) is 4. The summed E-state index contributed by atoms with van der Waals surface area (Å²) in [7, 11) is 0. The molecule has 0 radical (unpaired) electrons. The fourth-order valence-electron chi connectivity index (χ4n) is 5.66. The Labute approximate surface area is 156 Å². The summed E-state index contributed by atoms with van der Waals surface area (Å²) in [5.74, 6) is 0.705. The quantitative estimate of drug-likeness (QED) is 0.714. The minimum Gasteiger partial charge on any atom is -0.472 e. The average molecular weight is 358 g/mol. The van der Waals surface area contributed by atoms with Gasteiger partial charge in [-0.25, -0.2) is 0 Å². The Morgan fingerprint density at radius 1 is 1.38 bits per heavy atom. The number of fused-ring (bicyclic) bond motifs is 1. The molecule has 1 heterocycles. The maximum atomic E-state index is 12.5. The van der Waals surface area contributed by atoms with Crippen molar-refractivity contribution in [3.63, 3.8) is 0 Å². The van der Waals surface area contributed by atoms with Crippen molar-refractivity contribution < 1.29 is 18.7 Å². The number of rotatable bonds is 5. The summed E-state index contributed by atoms with van der Waals surface area (Å²) in [6.07, 6.45) is 9.77. The van der Waals surface area contributed by atoms with E-state index >= 15 is 0 Å². The lowest BCUT2D eigenvalue weighted by atomic mass is 9.44. The largest absolute Gasteiger partial charge is 0.472 e. The monoisotopic (exact) mass is 358 g/mol. The number of allylic oxidation sites excluding steroid dienone is 2. The predicted molar refractivity (Wildman–Crippen MR) is 99.5 cm³/mol.